The molecule has 0 spiro atoms. The van der Waals surface area contributed by atoms with Gasteiger partial charge in [-0.3, -0.25) is 4.98 Å². The van der Waals surface area contributed by atoms with Crippen LogP contribution in [0.15, 0.2) is 60.0 Å². The van der Waals surface area contributed by atoms with E-state index in [0.29, 0.717) is 43.5 Å². The van der Waals surface area contributed by atoms with Crippen molar-refractivity contribution < 1.29 is 13.2 Å². The number of anilines is 2. The molecule has 0 unspecified atom stereocenters. The number of hydrogen-bond acceptors (Lipinski definition) is 7. The lowest BCUT2D eigenvalue weighted by Gasteiger charge is -2.26. The molecule has 0 saturated carbocycles. The number of pyridine rings is 1. The van der Waals surface area contributed by atoms with E-state index >= 15 is 0 Å². The van der Waals surface area contributed by atoms with Crippen LogP contribution in [-0.4, -0.2) is 58.5 Å². The Labute approximate surface area is 204 Å². The molecular weight excluding hydrogens is 464 g/mol. The first-order valence-electron chi connectivity index (χ1n) is 11.7. The molecule has 1 N–H and O–H groups in total. The van der Waals surface area contributed by atoms with Crippen LogP contribution >= 0.6 is 0 Å². The van der Waals surface area contributed by atoms with Gasteiger partial charge in [-0.05, 0) is 43.2 Å². The van der Waals surface area contributed by atoms with Gasteiger partial charge in [-0.1, -0.05) is 13.0 Å². The predicted octanol–water partition coefficient (Wildman–Crippen LogP) is 3.98. The van der Waals surface area contributed by atoms with Crippen LogP contribution in [0.5, 0.6) is 0 Å². The van der Waals surface area contributed by atoms with Crippen LogP contribution in [0.2, 0.25) is 0 Å². The summed E-state index contributed by atoms with van der Waals surface area (Å²) in [6.07, 6.45) is 8.47. The molecule has 0 amide bonds. The Bertz CT molecular complexity index is 1460. The molecule has 1 aliphatic heterocycles. The number of fused-ring (bicyclic) bond motifs is 1. The van der Waals surface area contributed by atoms with Crippen LogP contribution in [0.25, 0.3) is 22.2 Å². The summed E-state index contributed by atoms with van der Waals surface area (Å²) in [5.74, 6) is 0.390. The molecule has 9 nitrogen and oxygen atoms in total. The van der Waals surface area contributed by atoms with Crippen molar-refractivity contribution in [3.63, 3.8) is 0 Å². The number of aromatic nitrogens is 4. The summed E-state index contributed by atoms with van der Waals surface area (Å²) in [5, 5.41) is 4.21. The van der Waals surface area contributed by atoms with Gasteiger partial charge >= 0.3 is 0 Å². The second kappa shape index (κ2) is 9.73. The molecule has 0 bridgehead atoms. The molecule has 0 radical (unpaired) electrons. The van der Waals surface area contributed by atoms with Gasteiger partial charge in [0.2, 0.25) is 16.0 Å². The third-order valence-corrected chi connectivity index (χ3v) is 8.15. The zero-order valence-corrected chi connectivity index (χ0v) is 20.6. The molecule has 1 aliphatic rings. The number of ether oxygens (including phenoxy) is 1. The summed E-state index contributed by atoms with van der Waals surface area (Å²) in [5.41, 5.74) is 4.15. The molecule has 3 aromatic heterocycles. The minimum Gasteiger partial charge on any atom is -0.379 e. The Morgan fingerprint density at radius 1 is 1.11 bits per heavy atom. The van der Waals surface area contributed by atoms with Crippen molar-refractivity contribution in [1.29, 1.82) is 0 Å². The van der Waals surface area contributed by atoms with Crippen molar-refractivity contribution in [1.82, 2.24) is 23.8 Å². The Kier molecular flexibility index (Phi) is 6.50. The number of nitrogens with one attached hydrogen (secondary N) is 1. The minimum absolute atomic E-state index is 0.272. The van der Waals surface area contributed by atoms with E-state index in [9.17, 15) is 8.42 Å². The Morgan fingerprint density at radius 2 is 1.94 bits per heavy atom. The van der Waals surface area contributed by atoms with Gasteiger partial charge in [0.05, 0.1) is 29.3 Å². The standard InChI is InChI=1S/C25H28N6O3S/c1-3-10-30-17-21(20-16-26-8-7-23(20)30)22-6-9-27-25(29-22)28-19-5-4-18(2)24(15-19)35(32,33)31-11-13-34-14-12-31/h4-9,15-17H,3,10-14H2,1-2H3,(H,27,28,29). The number of aryl methyl sites for hydroxylation is 2. The molecule has 10 heteroatoms. The van der Waals surface area contributed by atoms with Crippen LogP contribution < -0.4 is 5.32 Å². The highest BCUT2D eigenvalue weighted by Gasteiger charge is 2.28. The lowest BCUT2D eigenvalue weighted by Crippen LogP contribution is -2.40. The molecule has 1 saturated heterocycles. The number of nitrogens with zero attached hydrogens (tertiary/aromatic N) is 5. The maximum Gasteiger partial charge on any atom is 0.243 e. The van der Waals surface area contributed by atoms with E-state index in [0.717, 1.165) is 35.1 Å². The first-order chi connectivity index (χ1) is 17.0. The maximum atomic E-state index is 13.2. The lowest BCUT2D eigenvalue weighted by molar-refractivity contribution is 0.0730. The molecule has 182 valence electrons. The van der Waals surface area contributed by atoms with E-state index in [-0.39, 0.29) is 4.90 Å². The van der Waals surface area contributed by atoms with Gasteiger partial charge in [-0.2, -0.15) is 4.31 Å². The number of sulfonamides is 1. The zero-order valence-electron chi connectivity index (χ0n) is 19.8. The molecule has 35 heavy (non-hydrogen) atoms. The van der Waals surface area contributed by atoms with Crippen molar-refractivity contribution >= 4 is 32.6 Å². The summed E-state index contributed by atoms with van der Waals surface area (Å²) in [6, 6.07) is 9.15. The van der Waals surface area contributed by atoms with Gasteiger partial charge in [0.25, 0.3) is 0 Å². The third kappa shape index (κ3) is 4.64. The molecule has 0 atom stereocenters. The molecule has 4 aromatic rings. The smallest absolute Gasteiger partial charge is 0.243 e. The van der Waals surface area contributed by atoms with Crippen LogP contribution in [0, 0.1) is 6.92 Å². The first-order valence-corrected chi connectivity index (χ1v) is 13.1. The highest BCUT2D eigenvalue weighted by molar-refractivity contribution is 7.89. The van der Waals surface area contributed by atoms with E-state index < -0.39 is 10.0 Å². The lowest BCUT2D eigenvalue weighted by atomic mass is 10.1. The predicted molar refractivity (Wildman–Crippen MR) is 135 cm³/mol. The van der Waals surface area contributed by atoms with Gasteiger partial charge < -0.3 is 14.6 Å². The van der Waals surface area contributed by atoms with E-state index in [4.69, 9.17) is 9.72 Å². The fourth-order valence-corrected chi connectivity index (χ4v) is 6.01. The third-order valence-electron chi connectivity index (χ3n) is 6.11. The van der Waals surface area contributed by atoms with Gasteiger partial charge in [-0.25, -0.2) is 18.4 Å². The summed E-state index contributed by atoms with van der Waals surface area (Å²) in [4.78, 5) is 13.7. The van der Waals surface area contributed by atoms with Gasteiger partial charge in [0.1, 0.15) is 0 Å². The average molecular weight is 493 g/mol. The zero-order chi connectivity index (χ0) is 24.4. The van der Waals surface area contributed by atoms with Gasteiger partial charge in [0, 0.05) is 61.1 Å². The van der Waals surface area contributed by atoms with E-state index in [1.165, 1.54) is 4.31 Å². The van der Waals surface area contributed by atoms with Crippen LogP contribution in [0.4, 0.5) is 11.6 Å². The summed E-state index contributed by atoms with van der Waals surface area (Å²) in [7, 11) is -3.62. The highest BCUT2D eigenvalue weighted by atomic mass is 32.2. The van der Waals surface area contributed by atoms with Crippen LogP contribution in [0.1, 0.15) is 18.9 Å². The fraction of sp³-hybridized carbons (Fsp3) is 0.320. The monoisotopic (exact) mass is 492 g/mol. The van der Waals surface area contributed by atoms with Crippen molar-refractivity contribution in [3.05, 3.63) is 60.7 Å². The van der Waals surface area contributed by atoms with Gasteiger partial charge in [-0.15, -0.1) is 0 Å². The molecular formula is C25H28N6O3S. The topological polar surface area (TPSA) is 102 Å². The summed E-state index contributed by atoms with van der Waals surface area (Å²) in [6.45, 7) is 6.36. The second-order valence-corrected chi connectivity index (χ2v) is 10.4. The average Bonchev–Trinajstić information content (AvgIpc) is 3.25. The Balaban J connectivity index is 1.46. The quantitative estimate of drug-likeness (QED) is 0.416. The molecule has 5 rings (SSSR count). The molecule has 0 aliphatic carbocycles. The molecule has 1 fully saturated rings. The van der Waals surface area contributed by atoms with Crippen molar-refractivity contribution in [2.45, 2.75) is 31.7 Å². The maximum absolute atomic E-state index is 13.2. The fourth-order valence-electron chi connectivity index (χ4n) is 4.35. The first kappa shape index (κ1) is 23.4. The van der Waals surface area contributed by atoms with Crippen LogP contribution in [-0.2, 0) is 21.3 Å². The SMILES string of the molecule is CCCn1cc(-c2ccnc(Nc3ccc(C)c(S(=O)(=O)N4CCOCC4)c3)n2)c2cnccc21. The van der Waals surface area contributed by atoms with E-state index in [2.05, 4.69) is 33.0 Å². The van der Waals surface area contributed by atoms with Gasteiger partial charge in [0.15, 0.2) is 0 Å². The Hall–Kier alpha value is -3.34. The largest absolute Gasteiger partial charge is 0.379 e. The number of benzene rings is 1. The highest BCUT2D eigenvalue weighted by Crippen LogP contribution is 2.30. The van der Waals surface area contributed by atoms with Crippen LogP contribution in [0.3, 0.4) is 0 Å². The molecule has 4 heterocycles. The van der Waals surface area contributed by atoms with Crippen molar-refractivity contribution in [3.8, 4) is 11.3 Å². The van der Waals surface area contributed by atoms with E-state index in [1.54, 1.807) is 31.5 Å². The normalized spacial score (nSPS) is 14.9. The number of hydrogen-bond donors (Lipinski definition) is 1. The number of rotatable bonds is 7. The van der Waals surface area contributed by atoms with Crippen molar-refractivity contribution in [2.75, 3.05) is 31.6 Å². The minimum atomic E-state index is -3.62. The summed E-state index contributed by atoms with van der Waals surface area (Å²) >= 11 is 0. The molecule has 1 aromatic carbocycles. The second-order valence-electron chi connectivity index (χ2n) is 8.52. The number of morpholine rings is 1. The van der Waals surface area contributed by atoms with E-state index in [1.807, 2.05) is 24.4 Å². The summed E-state index contributed by atoms with van der Waals surface area (Å²) < 4.78 is 35.5. The Morgan fingerprint density at radius 3 is 2.74 bits per heavy atom. The van der Waals surface area contributed by atoms with Crippen molar-refractivity contribution in [2.24, 2.45) is 0 Å².